The van der Waals surface area contributed by atoms with Crippen LogP contribution in [0.1, 0.15) is 24.6 Å². The molecule has 6 nitrogen and oxygen atoms in total. The van der Waals surface area contributed by atoms with Gasteiger partial charge in [-0.2, -0.15) is 0 Å². The summed E-state index contributed by atoms with van der Waals surface area (Å²) < 4.78 is 11.2. The zero-order chi connectivity index (χ0) is 16.7. The van der Waals surface area contributed by atoms with Crippen LogP contribution in [0.4, 0.5) is 0 Å². The molecule has 1 fully saturated rings. The Balaban J connectivity index is 1.75. The second-order valence-corrected chi connectivity index (χ2v) is 6.36. The maximum Gasteiger partial charge on any atom is 0.193 e. The minimum absolute atomic E-state index is 0.168. The number of rotatable bonds is 9. The first-order valence-electron chi connectivity index (χ1n) is 8.31. The Morgan fingerprint density at radius 1 is 1.43 bits per heavy atom. The van der Waals surface area contributed by atoms with E-state index in [4.69, 9.17) is 9.15 Å². The molecular weight excluding hydrogens is 292 g/mol. The minimum atomic E-state index is 0.168. The highest BCUT2D eigenvalue weighted by Crippen LogP contribution is 2.28. The van der Waals surface area contributed by atoms with Gasteiger partial charge in [0.1, 0.15) is 5.76 Å². The first-order valence-corrected chi connectivity index (χ1v) is 8.31. The summed E-state index contributed by atoms with van der Waals surface area (Å²) in [5, 5.41) is 3.42. The summed E-state index contributed by atoms with van der Waals surface area (Å²) in [6.45, 7) is 3.21. The van der Waals surface area contributed by atoms with E-state index >= 15 is 0 Å². The zero-order valence-corrected chi connectivity index (χ0v) is 14.8. The molecule has 1 aromatic rings. The van der Waals surface area contributed by atoms with Gasteiger partial charge in [0.05, 0.1) is 18.9 Å². The van der Waals surface area contributed by atoms with E-state index in [1.807, 2.05) is 33.3 Å². The Kier molecular flexibility index (Phi) is 6.92. The fourth-order valence-electron chi connectivity index (χ4n) is 2.43. The van der Waals surface area contributed by atoms with Crippen LogP contribution in [0.3, 0.4) is 0 Å². The fraction of sp³-hybridized carbons (Fsp3) is 0.706. The van der Waals surface area contributed by atoms with Crippen LogP contribution in [0.15, 0.2) is 27.8 Å². The SMILES string of the molecule is CN=C(NCC(c1ccco1)N(C)C)N(C)CCOCC1CC1. The Bertz CT molecular complexity index is 469. The molecule has 1 aliphatic carbocycles. The van der Waals surface area contributed by atoms with Crippen molar-refractivity contribution in [2.24, 2.45) is 10.9 Å². The number of hydrogen-bond donors (Lipinski definition) is 1. The Hall–Kier alpha value is -1.53. The number of ether oxygens (including phenoxy) is 1. The average molecular weight is 322 g/mol. The summed E-state index contributed by atoms with van der Waals surface area (Å²) in [5.74, 6) is 2.64. The number of aliphatic imine (C=N–C) groups is 1. The highest BCUT2D eigenvalue weighted by atomic mass is 16.5. The molecule has 1 N–H and O–H groups in total. The number of hydrogen-bond acceptors (Lipinski definition) is 4. The molecule has 1 saturated carbocycles. The van der Waals surface area contributed by atoms with Crippen molar-refractivity contribution in [1.29, 1.82) is 0 Å². The summed E-state index contributed by atoms with van der Waals surface area (Å²) in [7, 11) is 7.94. The highest BCUT2D eigenvalue weighted by molar-refractivity contribution is 5.79. The minimum Gasteiger partial charge on any atom is -0.468 e. The molecule has 0 aromatic carbocycles. The maximum atomic E-state index is 5.70. The number of likely N-dealkylation sites (N-methyl/N-ethyl adjacent to an activating group) is 2. The monoisotopic (exact) mass is 322 g/mol. The third-order valence-corrected chi connectivity index (χ3v) is 4.14. The van der Waals surface area contributed by atoms with E-state index in [0.717, 1.165) is 43.9 Å². The lowest BCUT2D eigenvalue weighted by Gasteiger charge is -2.27. The predicted octanol–water partition coefficient (Wildman–Crippen LogP) is 1.82. The van der Waals surface area contributed by atoms with Crippen molar-refractivity contribution in [2.45, 2.75) is 18.9 Å². The molecule has 0 spiro atoms. The van der Waals surface area contributed by atoms with E-state index in [1.54, 1.807) is 13.3 Å². The smallest absolute Gasteiger partial charge is 0.193 e. The van der Waals surface area contributed by atoms with Crippen molar-refractivity contribution in [3.63, 3.8) is 0 Å². The fourth-order valence-corrected chi connectivity index (χ4v) is 2.43. The second kappa shape index (κ2) is 8.93. The Labute approximate surface area is 139 Å². The second-order valence-electron chi connectivity index (χ2n) is 6.36. The van der Waals surface area contributed by atoms with Crippen LogP contribution >= 0.6 is 0 Å². The van der Waals surface area contributed by atoms with Crippen molar-refractivity contribution in [3.05, 3.63) is 24.2 Å². The lowest BCUT2D eigenvalue weighted by atomic mass is 10.2. The topological polar surface area (TPSA) is 53.2 Å². The summed E-state index contributed by atoms with van der Waals surface area (Å²) in [6.07, 6.45) is 4.37. The Morgan fingerprint density at radius 2 is 2.22 bits per heavy atom. The van der Waals surface area contributed by atoms with Gasteiger partial charge >= 0.3 is 0 Å². The first kappa shape index (κ1) is 17.8. The lowest BCUT2D eigenvalue weighted by molar-refractivity contribution is 0.115. The van der Waals surface area contributed by atoms with Gasteiger partial charge in [-0.05, 0) is 45.0 Å². The molecule has 2 rings (SSSR count). The normalized spacial score (nSPS) is 16.7. The van der Waals surface area contributed by atoms with Gasteiger partial charge in [-0.1, -0.05) is 0 Å². The van der Waals surface area contributed by atoms with E-state index in [0.29, 0.717) is 0 Å². The molecule has 6 heteroatoms. The summed E-state index contributed by atoms with van der Waals surface area (Å²) >= 11 is 0. The number of furan rings is 1. The quantitative estimate of drug-likeness (QED) is 0.427. The van der Waals surface area contributed by atoms with E-state index in [-0.39, 0.29) is 6.04 Å². The van der Waals surface area contributed by atoms with E-state index in [1.165, 1.54) is 12.8 Å². The third-order valence-electron chi connectivity index (χ3n) is 4.14. The molecule has 1 atom stereocenters. The average Bonchev–Trinajstić information content (AvgIpc) is 3.20. The molecule has 1 unspecified atom stereocenters. The van der Waals surface area contributed by atoms with Gasteiger partial charge in [-0.25, -0.2) is 0 Å². The molecular formula is C17H30N4O2. The van der Waals surface area contributed by atoms with Crippen molar-refractivity contribution in [1.82, 2.24) is 15.1 Å². The lowest BCUT2D eigenvalue weighted by Crippen LogP contribution is -2.43. The number of guanidine groups is 1. The van der Waals surface area contributed by atoms with Gasteiger partial charge in [0.2, 0.25) is 0 Å². The predicted molar refractivity (Wildman–Crippen MR) is 92.7 cm³/mol. The van der Waals surface area contributed by atoms with Gasteiger partial charge in [-0.15, -0.1) is 0 Å². The van der Waals surface area contributed by atoms with Crippen molar-refractivity contribution >= 4 is 5.96 Å². The van der Waals surface area contributed by atoms with Crippen LogP contribution in [0.25, 0.3) is 0 Å². The van der Waals surface area contributed by atoms with Gasteiger partial charge in [-0.3, -0.25) is 9.89 Å². The van der Waals surface area contributed by atoms with Gasteiger partial charge in [0.15, 0.2) is 5.96 Å². The molecule has 0 bridgehead atoms. The van der Waals surface area contributed by atoms with Gasteiger partial charge < -0.3 is 19.4 Å². The largest absolute Gasteiger partial charge is 0.468 e. The summed E-state index contributed by atoms with van der Waals surface area (Å²) in [5.41, 5.74) is 0. The van der Waals surface area contributed by atoms with Crippen LogP contribution in [0, 0.1) is 5.92 Å². The standard InChI is InChI=1S/C17H30N4O2/c1-18-17(21(4)9-11-22-13-14-7-8-14)19-12-15(20(2)3)16-6-5-10-23-16/h5-6,10,14-15H,7-9,11-13H2,1-4H3,(H,18,19). The molecule has 1 aliphatic rings. The molecule has 1 aromatic heterocycles. The molecule has 1 heterocycles. The molecule has 0 aliphatic heterocycles. The number of nitrogens with one attached hydrogen (secondary N) is 1. The van der Waals surface area contributed by atoms with Gasteiger partial charge in [0.25, 0.3) is 0 Å². The van der Waals surface area contributed by atoms with E-state index < -0.39 is 0 Å². The molecule has 0 saturated heterocycles. The molecule has 0 amide bonds. The van der Waals surface area contributed by atoms with Gasteiger partial charge in [0, 0.05) is 33.8 Å². The molecule has 23 heavy (non-hydrogen) atoms. The molecule has 0 radical (unpaired) electrons. The molecule has 130 valence electrons. The van der Waals surface area contributed by atoms with E-state index in [9.17, 15) is 0 Å². The zero-order valence-electron chi connectivity index (χ0n) is 14.8. The number of nitrogens with zero attached hydrogens (tertiary/aromatic N) is 3. The van der Waals surface area contributed by atoms with Crippen LogP contribution in [-0.2, 0) is 4.74 Å². The Morgan fingerprint density at radius 3 is 2.78 bits per heavy atom. The van der Waals surface area contributed by atoms with Crippen LogP contribution in [0.5, 0.6) is 0 Å². The highest BCUT2D eigenvalue weighted by Gasteiger charge is 2.21. The van der Waals surface area contributed by atoms with Crippen LogP contribution < -0.4 is 5.32 Å². The third kappa shape index (κ3) is 5.88. The van der Waals surface area contributed by atoms with E-state index in [2.05, 4.69) is 20.1 Å². The van der Waals surface area contributed by atoms with Crippen molar-refractivity contribution in [2.75, 3.05) is 54.5 Å². The maximum absolute atomic E-state index is 5.70. The van der Waals surface area contributed by atoms with Crippen LogP contribution in [-0.4, -0.2) is 70.3 Å². The summed E-state index contributed by atoms with van der Waals surface area (Å²) in [6, 6.07) is 4.09. The van der Waals surface area contributed by atoms with Crippen molar-refractivity contribution in [3.8, 4) is 0 Å². The van der Waals surface area contributed by atoms with Crippen LogP contribution in [0.2, 0.25) is 0 Å². The first-order chi connectivity index (χ1) is 11.1. The van der Waals surface area contributed by atoms with Crippen molar-refractivity contribution < 1.29 is 9.15 Å². The summed E-state index contributed by atoms with van der Waals surface area (Å²) in [4.78, 5) is 8.59.